The molecule has 27 heavy (non-hydrogen) atoms. The van der Waals surface area contributed by atoms with Gasteiger partial charge in [-0.2, -0.15) is 0 Å². The number of carbonyl (C=O) groups is 3. The molecule has 1 aromatic rings. The summed E-state index contributed by atoms with van der Waals surface area (Å²) in [7, 11) is -0.388. The molecule has 2 N–H and O–H groups in total. The second kappa shape index (κ2) is 7.99. The van der Waals surface area contributed by atoms with Crippen molar-refractivity contribution in [2.24, 2.45) is 0 Å². The summed E-state index contributed by atoms with van der Waals surface area (Å²) in [6.45, 7) is 6.31. The molecule has 0 saturated carbocycles. The third-order valence-corrected chi connectivity index (χ3v) is 5.88. The predicted molar refractivity (Wildman–Crippen MR) is 98.5 cm³/mol. The number of amides is 2. The smallest absolute Gasteiger partial charge is 0.338 e. The summed E-state index contributed by atoms with van der Waals surface area (Å²) in [6.07, 6.45) is 0.187. The van der Waals surface area contributed by atoms with Crippen molar-refractivity contribution in [3.8, 4) is 0 Å². The van der Waals surface area contributed by atoms with Crippen LogP contribution >= 0.6 is 0 Å². The van der Waals surface area contributed by atoms with Crippen molar-refractivity contribution in [1.29, 1.82) is 0 Å². The van der Waals surface area contributed by atoms with Crippen molar-refractivity contribution in [1.82, 2.24) is 10.6 Å². The van der Waals surface area contributed by atoms with Gasteiger partial charge in [0, 0.05) is 20.1 Å². The molecule has 0 bridgehead atoms. The van der Waals surface area contributed by atoms with Crippen LogP contribution in [-0.2, 0) is 14.3 Å². The highest BCUT2D eigenvalue weighted by Gasteiger charge is 2.37. The van der Waals surface area contributed by atoms with Gasteiger partial charge in [0.05, 0.1) is 18.4 Å². The highest BCUT2D eigenvalue weighted by Crippen LogP contribution is 2.26. The summed E-state index contributed by atoms with van der Waals surface area (Å²) < 4.78 is 31.7. The zero-order chi connectivity index (χ0) is 20.4. The molecule has 9 heteroatoms. The fraction of sp³-hybridized carbons (Fsp3) is 0.389. The topological polar surface area (TPSA) is 84.5 Å². The van der Waals surface area contributed by atoms with Crippen LogP contribution in [0, 0.1) is 11.6 Å². The second-order valence-electron chi connectivity index (χ2n) is 7.47. The number of ether oxygens (including phenoxy) is 1. The summed E-state index contributed by atoms with van der Waals surface area (Å²) >= 11 is 0. The van der Waals surface area contributed by atoms with Crippen molar-refractivity contribution in [3.63, 3.8) is 0 Å². The molecule has 0 aliphatic carbocycles. The lowest BCUT2D eigenvalue weighted by molar-refractivity contribution is -0.137. The molecule has 0 spiro atoms. The first-order valence-corrected chi connectivity index (χ1v) is 12.1. The Hall–Kier alpha value is -2.55. The van der Waals surface area contributed by atoms with E-state index in [1.165, 1.54) is 6.07 Å². The van der Waals surface area contributed by atoms with Crippen LogP contribution in [0.4, 0.5) is 13.6 Å². The monoisotopic (exact) mass is 396 g/mol. The van der Waals surface area contributed by atoms with Crippen molar-refractivity contribution in [3.05, 3.63) is 41.0 Å². The summed E-state index contributed by atoms with van der Waals surface area (Å²) in [5, 5.41) is 4.83. The van der Waals surface area contributed by atoms with E-state index in [1.807, 2.05) is 0 Å². The van der Waals surface area contributed by atoms with E-state index in [-0.39, 0.29) is 29.0 Å². The molecule has 146 valence electrons. The quantitative estimate of drug-likeness (QED) is 0.572. The highest BCUT2D eigenvalue weighted by atomic mass is 28.3. The lowest BCUT2D eigenvalue weighted by Gasteiger charge is -2.28. The van der Waals surface area contributed by atoms with Crippen molar-refractivity contribution < 1.29 is 27.9 Å². The third-order valence-electron chi connectivity index (χ3n) is 4.13. The number of Topliss-reactive ketones (excluding diaryl/α,β-unsaturated/α-hetero) is 1. The molecule has 0 radical (unpaired) electrons. The Labute approximate surface area is 157 Å². The van der Waals surface area contributed by atoms with E-state index < -0.39 is 37.8 Å². The molecule has 1 aliphatic heterocycles. The van der Waals surface area contributed by atoms with Crippen molar-refractivity contribution in [2.45, 2.75) is 38.1 Å². The zero-order valence-electron chi connectivity index (χ0n) is 15.6. The molecular formula is C18H22F2N2O4Si. The van der Waals surface area contributed by atoms with Gasteiger partial charge in [-0.15, -0.1) is 0 Å². The van der Waals surface area contributed by atoms with Gasteiger partial charge >= 0.3 is 12.0 Å². The number of carbonyl (C=O) groups excluding carboxylic acids is 3. The summed E-state index contributed by atoms with van der Waals surface area (Å²) in [6, 6.07) is 1.69. The Balaban J connectivity index is 2.51. The standard InChI is InChI=1S/C18H22F2N2O4Si/c1-26-17(24)14-15(10-5-6-11(19)12(20)9-10)21-18(25)22-16(14)13(23)7-8-27(2,3)4/h5-6,9,16H,7-8H2,1-4H3,(H2,21,22,25). The maximum absolute atomic E-state index is 13.6. The molecule has 1 heterocycles. The summed E-state index contributed by atoms with van der Waals surface area (Å²) in [5.41, 5.74) is -0.147. The van der Waals surface area contributed by atoms with E-state index in [0.29, 0.717) is 6.04 Å². The third kappa shape index (κ3) is 5.00. The number of rotatable bonds is 6. The minimum atomic E-state index is -1.53. The normalized spacial score (nSPS) is 17.3. The summed E-state index contributed by atoms with van der Waals surface area (Å²) in [4.78, 5) is 37.1. The lowest BCUT2D eigenvalue weighted by Crippen LogP contribution is -2.53. The lowest BCUT2D eigenvalue weighted by atomic mass is 9.94. The predicted octanol–water partition coefficient (Wildman–Crippen LogP) is 2.83. The highest BCUT2D eigenvalue weighted by molar-refractivity contribution is 6.76. The van der Waals surface area contributed by atoms with E-state index in [9.17, 15) is 23.2 Å². The molecule has 2 rings (SSSR count). The van der Waals surface area contributed by atoms with Crippen molar-refractivity contribution in [2.75, 3.05) is 7.11 Å². The van der Waals surface area contributed by atoms with Crippen molar-refractivity contribution >= 4 is 31.6 Å². The number of esters is 1. The number of benzene rings is 1. The van der Waals surface area contributed by atoms with Gasteiger partial charge in [0.15, 0.2) is 17.4 Å². The largest absolute Gasteiger partial charge is 0.466 e. The van der Waals surface area contributed by atoms with Gasteiger partial charge in [0.25, 0.3) is 0 Å². The van der Waals surface area contributed by atoms with E-state index >= 15 is 0 Å². The summed E-state index contributed by atoms with van der Waals surface area (Å²) in [5.74, 6) is -3.39. The molecule has 1 atom stereocenters. The minimum Gasteiger partial charge on any atom is -0.466 e. The van der Waals surface area contributed by atoms with Gasteiger partial charge in [-0.05, 0) is 18.2 Å². The molecule has 1 aromatic carbocycles. The molecule has 6 nitrogen and oxygen atoms in total. The zero-order valence-corrected chi connectivity index (χ0v) is 16.6. The van der Waals surface area contributed by atoms with Gasteiger partial charge < -0.3 is 15.4 Å². The van der Waals surface area contributed by atoms with Gasteiger partial charge in [-0.1, -0.05) is 25.7 Å². The minimum absolute atomic E-state index is 0.0622. The average Bonchev–Trinajstić information content (AvgIpc) is 2.60. The molecule has 0 fully saturated rings. The van der Waals surface area contributed by atoms with Crippen LogP contribution in [0.2, 0.25) is 25.7 Å². The van der Waals surface area contributed by atoms with E-state index in [1.54, 1.807) is 0 Å². The Morgan fingerprint density at radius 1 is 1.19 bits per heavy atom. The number of methoxy groups -OCH3 is 1. The first kappa shape index (κ1) is 20.8. The Morgan fingerprint density at radius 3 is 2.41 bits per heavy atom. The molecule has 1 aliphatic rings. The molecule has 0 aromatic heterocycles. The first-order valence-electron chi connectivity index (χ1n) is 8.41. The van der Waals surface area contributed by atoms with Gasteiger partial charge in [0.1, 0.15) is 6.04 Å². The van der Waals surface area contributed by atoms with Crippen LogP contribution in [0.15, 0.2) is 23.8 Å². The van der Waals surface area contributed by atoms with Crippen LogP contribution < -0.4 is 10.6 Å². The number of ketones is 1. The molecule has 1 unspecified atom stereocenters. The van der Waals surface area contributed by atoms with Crippen LogP contribution in [0.25, 0.3) is 5.70 Å². The number of hydrogen-bond donors (Lipinski definition) is 2. The van der Waals surface area contributed by atoms with Gasteiger partial charge in [0.2, 0.25) is 0 Å². The van der Waals surface area contributed by atoms with Crippen LogP contribution in [-0.4, -0.2) is 39.0 Å². The maximum atomic E-state index is 13.6. The number of nitrogens with one attached hydrogen (secondary N) is 2. The average molecular weight is 396 g/mol. The molecule has 2 amide bonds. The van der Waals surface area contributed by atoms with E-state index in [0.717, 1.165) is 19.2 Å². The Kier molecular flexibility index (Phi) is 6.14. The van der Waals surface area contributed by atoms with E-state index in [4.69, 9.17) is 4.74 Å². The maximum Gasteiger partial charge on any atom is 0.338 e. The first-order chi connectivity index (χ1) is 12.5. The second-order valence-corrected chi connectivity index (χ2v) is 13.1. The fourth-order valence-electron chi connectivity index (χ4n) is 2.66. The molecular weight excluding hydrogens is 374 g/mol. The SMILES string of the molecule is COC(=O)C1=C(c2ccc(F)c(F)c2)NC(=O)NC1C(=O)CC[Si](C)(C)C. The van der Waals surface area contributed by atoms with Gasteiger partial charge in [-0.25, -0.2) is 18.4 Å². The van der Waals surface area contributed by atoms with Gasteiger partial charge in [-0.3, -0.25) is 4.79 Å². The van der Waals surface area contributed by atoms with E-state index in [2.05, 4.69) is 30.3 Å². The number of halogens is 2. The Morgan fingerprint density at radius 2 is 1.85 bits per heavy atom. The number of hydrogen-bond acceptors (Lipinski definition) is 4. The van der Waals surface area contributed by atoms with Crippen LogP contribution in [0.5, 0.6) is 0 Å². The fourth-order valence-corrected chi connectivity index (χ4v) is 3.65. The molecule has 0 saturated heterocycles. The Bertz CT molecular complexity index is 818. The van der Waals surface area contributed by atoms with Crippen LogP contribution in [0.3, 0.4) is 0 Å². The van der Waals surface area contributed by atoms with Crippen LogP contribution in [0.1, 0.15) is 12.0 Å². The number of urea groups is 1.